The van der Waals surface area contributed by atoms with Crippen LogP contribution < -0.4 is 15.0 Å². The Morgan fingerprint density at radius 3 is 2.70 bits per heavy atom. The van der Waals surface area contributed by atoms with Crippen LogP contribution in [-0.4, -0.2) is 35.2 Å². The first-order valence-corrected chi connectivity index (χ1v) is 8.02. The van der Waals surface area contributed by atoms with Crippen molar-refractivity contribution < 1.29 is 19.0 Å². The molecule has 0 atom stereocenters. The van der Waals surface area contributed by atoms with Gasteiger partial charge in [-0.05, 0) is 24.3 Å². The average molecular weight is 367 g/mol. The molecule has 0 bridgehead atoms. The molecule has 27 heavy (non-hydrogen) atoms. The second-order valence-electron chi connectivity index (χ2n) is 5.42. The minimum atomic E-state index is -0.637. The normalized spacial score (nSPS) is 10.9. The molecule has 3 aromatic rings. The van der Waals surface area contributed by atoms with Crippen molar-refractivity contribution in [3.05, 3.63) is 64.5 Å². The van der Waals surface area contributed by atoms with E-state index < -0.39 is 5.97 Å². The fraction of sp³-hybridized carbons (Fsp3) is 0.158. The second-order valence-corrected chi connectivity index (χ2v) is 5.42. The van der Waals surface area contributed by atoms with Crippen LogP contribution in [0.2, 0.25) is 0 Å². The molecule has 0 aliphatic rings. The fourth-order valence-corrected chi connectivity index (χ4v) is 2.48. The topological polar surface area (TPSA) is 92.5 Å². The van der Waals surface area contributed by atoms with E-state index in [9.17, 15) is 9.59 Å². The Labute approximate surface area is 154 Å². The summed E-state index contributed by atoms with van der Waals surface area (Å²) in [7, 11) is 3.04. The number of esters is 1. The number of hydrogen-bond acceptors (Lipinski definition) is 7. The van der Waals surface area contributed by atoms with E-state index >= 15 is 0 Å². The van der Waals surface area contributed by atoms with Crippen molar-refractivity contribution in [3.63, 3.8) is 0 Å². The summed E-state index contributed by atoms with van der Waals surface area (Å²) in [6, 6.07) is 12.1. The van der Waals surface area contributed by atoms with Crippen LogP contribution in [0.1, 0.15) is 5.56 Å². The quantitative estimate of drug-likeness (QED) is 0.486. The van der Waals surface area contributed by atoms with Gasteiger partial charge in [0.2, 0.25) is 0 Å². The summed E-state index contributed by atoms with van der Waals surface area (Å²) in [5.41, 5.74) is 0.749. The van der Waals surface area contributed by atoms with E-state index in [4.69, 9.17) is 14.2 Å². The van der Waals surface area contributed by atoms with E-state index in [1.54, 1.807) is 48.5 Å². The van der Waals surface area contributed by atoms with Crippen LogP contribution in [0.4, 0.5) is 0 Å². The van der Waals surface area contributed by atoms with E-state index in [0.717, 1.165) is 4.68 Å². The Bertz CT molecular complexity index is 1060. The molecular weight excluding hydrogens is 350 g/mol. The molecule has 3 rings (SSSR count). The summed E-state index contributed by atoms with van der Waals surface area (Å²) < 4.78 is 16.6. The second kappa shape index (κ2) is 8.13. The number of carbonyl (C=O) groups is 1. The van der Waals surface area contributed by atoms with Crippen molar-refractivity contribution in [2.45, 2.75) is 6.73 Å². The monoisotopic (exact) mass is 367 g/mol. The zero-order valence-electron chi connectivity index (χ0n) is 14.8. The van der Waals surface area contributed by atoms with Crippen molar-refractivity contribution in [3.8, 4) is 11.5 Å². The summed E-state index contributed by atoms with van der Waals surface area (Å²) in [6.07, 6.45) is 2.77. The lowest BCUT2D eigenvalue weighted by Gasteiger charge is -2.09. The van der Waals surface area contributed by atoms with Crippen LogP contribution in [-0.2, 0) is 16.3 Å². The minimum Gasteiger partial charge on any atom is -0.493 e. The maximum absolute atomic E-state index is 12.3. The van der Waals surface area contributed by atoms with E-state index in [-0.39, 0.29) is 12.3 Å². The third-order valence-corrected chi connectivity index (χ3v) is 3.79. The Morgan fingerprint density at radius 2 is 1.93 bits per heavy atom. The minimum absolute atomic E-state index is 0.338. The van der Waals surface area contributed by atoms with E-state index in [1.807, 2.05) is 0 Å². The molecule has 0 saturated carbocycles. The molecular formula is C19H17N3O5. The zero-order valence-corrected chi connectivity index (χ0v) is 14.8. The first kappa shape index (κ1) is 18.1. The number of aromatic nitrogens is 3. The highest BCUT2D eigenvalue weighted by atomic mass is 16.5. The molecule has 8 nitrogen and oxygen atoms in total. The maximum Gasteiger partial charge on any atom is 0.332 e. The van der Waals surface area contributed by atoms with Crippen molar-refractivity contribution in [1.82, 2.24) is 15.0 Å². The number of fused-ring (bicyclic) bond motifs is 1. The molecule has 0 amide bonds. The lowest BCUT2D eigenvalue weighted by atomic mass is 10.1. The number of ether oxygens (including phenoxy) is 3. The van der Waals surface area contributed by atoms with Gasteiger partial charge in [0.1, 0.15) is 5.52 Å². The lowest BCUT2D eigenvalue weighted by Crippen LogP contribution is -2.26. The molecule has 0 aliphatic carbocycles. The zero-order chi connectivity index (χ0) is 19.2. The highest BCUT2D eigenvalue weighted by Crippen LogP contribution is 2.31. The van der Waals surface area contributed by atoms with Gasteiger partial charge in [0, 0.05) is 11.6 Å². The predicted molar refractivity (Wildman–Crippen MR) is 98.5 cm³/mol. The summed E-state index contributed by atoms with van der Waals surface area (Å²) >= 11 is 0. The number of hydrogen-bond donors (Lipinski definition) is 0. The smallest absolute Gasteiger partial charge is 0.332 e. The Morgan fingerprint density at radius 1 is 1.11 bits per heavy atom. The van der Waals surface area contributed by atoms with Crippen molar-refractivity contribution in [2.75, 3.05) is 14.2 Å². The fourth-order valence-electron chi connectivity index (χ4n) is 2.48. The molecule has 138 valence electrons. The third kappa shape index (κ3) is 3.95. The largest absolute Gasteiger partial charge is 0.493 e. The third-order valence-electron chi connectivity index (χ3n) is 3.79. The van der Waals surface area contributed by atoms with Gasteiger partial charge in [0.15, 0.2) is 18.2 Å². The molecule has 2 aromatic carbocycles. The van der Waals surface area contributed by atoms with Crippen molar-refractivity contribution in [1.29, 1.82) is 0 Å². The van der Waals surface area contributed by atoms with Gasteiger partial charge < -0.3 is 14.2 Å². The summed E-state index contributed by atoms with van der Waals surface area (Å²) in [5, 5.41) is 8.09. The highest BCUT2D eigenvalue weighted by Gasteiger charge is 2.09. The number of methoxy groups -OCH3 is 2. The number of para-hydroxylation sites is 1. The van der Waals surface area contributed by atoms with Gasteiger partial charge in [-0.25, -0.2) is 4.79 Å². The Balaban J connectivity index is 1.71. The van der Waals surface area contributed by atoms with Gasteiger partial charge in [-0.1, -0.05) is 29.5 Å². The molecule has 0 N–H and O–H groups in total. The van der Waals surface area contributed by atoms with Crippen LogP contribution in [0.3, 0.4) is 0 Å². The van der Waals surface area contributed by atoms with E-state index in [2.05, 4.69) is 10.3 Å². The molecule has 0 fully saturated rings. The standard InChI is InChI=1S/C19H17N3O5/c1-25-16-9-5-6-13(18(16)26-2)10-11-17(23)27-12-22-19(24)14-7-3-4-8-15(14)20-21-22/h3-11H,12H2,1-2H3/b11-10+. The van der Waals surface area contributed by atoms with Crippen LogP contribution in [0.5, 0.6) is 11.5 Å². The van der Waals surface area contributed by atoms with Gasteiger partial charge in [0.05, 0.1) is 19.6 Å². The first-order valence-electron chi connectivity index (χ1n) is 8.02. The molecule has 0 radical (unpaired) electrons. The predicted octanol–water partition coefficient (Wildman–Crippen LogP) is 2.02. The number of benzene rings is 2. The van der Waals surface area contributed by atoms with E-state index in [1.165, 1.54) is 20.3 Å². The molecule has 0 unspecified atom stereocenters. The number of nitrogens with zero attached hydrogens (tertiary/aromatic N) is 3. The molecule has 0 spiro atoms. The van der Waals surface area contributed by atoms with Crippen molar-refractivity contribution >= 4 is 22.9 Å². The van der Waals surface area contributed by atoms with Gasteiger partial charge in [0.25, 0.3) is 5.56 Å². The van der Waals surface area contributed by atoms with Gasteiger partial charge >= 0.3 is 5.97 Å². The molecule has 1 aromatic heterocycles. The van der Waals surface area contributed by atoms with Gasteiger partial charge in [-0.3, -0.25) is 4.79 Å². The highest BCUT2D eigenvalue weighted by molar-refractivity contribution is 5.87. The molecule has 1 heterocycles. The lowest BCUT2D eigenvalue weighted by molar-refractivity contribution is -0.141. The Hall–Kier alpha value is -3.68. The molecule has 8 heteroatoms. The molecule has 0 saturated heterocycles. The first-order chi connectivity index (χ1) is 13.1. The maximum atomic E-state index is 12.3. The van der Waals surface area contributed by atoms with Crippen LogP contribution >= 0.6 is 0 Å². The Kier molecular flexibility index (Phi) is 5.46. The molecule has 0 aliphatic heterocycles. The van der Waals surface area contributed by atoms with Crippen molar-refractivity contribution in [2.24, 2.45) is 0 Å². The van der Waals surface area contributed by atoms with Crippen LogP contribution in [0, 0.1) is 0 Å². The number of carbonyl (C=O) groups excluding carboxylic acids is 1. The van der Waals surface area contributed by atoms with E-state index in [0.29, 0.717) is 28.0 Å². The van der Waals surface area contributed by atoms with Gasteiger partial charge in [-0.15, -0.1) is 5.10 Å². The summed E-state index contributed by atoms with van der Waals surface area (Å²) in [6.45, 7) is -0.338. The number of rotatable bonds is 6. The SMILES string of the molecule is COc1cccc(/C=C/C(=O)OCn2nnc3ccccc3c2=O)c1OC. The summed E-state index contributed by atoms with van der Waals surface area (Å²) in [4.78, 5) is 24.3. The van der Waals surface area contributed by atoms with Crippen LogP contribution in [0.15, 0.2) is 53.3 Å². The summed E-state index contributed by atoms with van der Waals surface area (Å²) in [5.74, 6) is 0.411. The van der Waals surface area contributed by atoms with Gasteiger partial charge in [-0.2, -0.15) is 4.68 Å². The van der Waals surface area contributed by atoms with Crippen LogP contribution in [0.25, 0.3) is 17.0 Å². The average Bonchev–Trinajstić information content (AvgIpc) is 2.71.